The standard InChI is InChI=1S/C18H22N3O/c1-5-20(3)13-7-9-15-17(11-13)22-18-12-14(21(4)6-2)8-10-16(18)19-15/h7-12H,5-6H2,1-4H3/q+1. The zero-order valence-corrected chi connectivity index (χ0v) is 13.6. The number of nitrogens with zero attached hydrogens (tertiary/aromatic N) is 3. The fourth-order valence-corrected chi connectivity index (χ4v) is 2.44. The Morgan fingerprint density at radius 3 is 2.68 bits per heavy atom. The summed E-state index contributed by atoms with van der Waals surface area (Å²) < 4.78 is 8.28. The predicted molar refractivity (Wildman–Crippen MR) is 91.3 cm³/mol. The Morgan fingerprint density at radius 1 is 1.14 bits per heavy atom. The van der Waals surface area contributed by atoms with Crippen LogP contribution in [0.2, 0.25) is 0 Å². The second kappa shape index (κ2) is 5.79. The van der Waals surface area contributed by atoms with Gasteiger partial charge in [-0.2, -0.15) is 0 Å². The maximum atomic E-state index is 6.10. The first-order chi connectivity index (χ1) is 10.6. The van der Waals surface area contributed by atoms with Crippen LogP contribution in [0.3, 0.4) is 0 Å². The number of aromatic nitrogens is 1. The molecule has 4 heteroatoms. The second-order valence-electron chi connectivity index (χ2n) is 5.55. The topological polar surface area (TPSA) is 32.3 Å². The Hall–Kier alpha value is -2.36. The first-order valence-electron chi connectivity index (χ1n) is 7.72. The van der Waals surface area contributed by atoms with Gasteiger partial charge in [0.05, 0.1) is 6.07 Å². The van der Waals surface area contributed by atoms with Crippen LogP contribution in [-0.4, -0.2) is 32.2 Å². The van der Waals surface area contributed by atoms with Gasteiger partial charge in [-0.05, 0) is 32.0 Å². The molecule has 0 unspecified atom stereocenters. The highest BCUT2D eigenvalue weighted by Gasteiger charge is 2.11. The largest absolute Gasteiger partial charge is 0.452 e. The number of hydrogen-bond acceptors (Lipinski definition) is 3. The van der Waals surface area contributed by atoms with Crippen LogP contribution >= 0.6 is 0 Å². The molecule has 3 rings (SSSR count). The molecule has 1 aromatic rings. The summed E-state index contributed by atoms with van der Waals surface area (Å²) in [6.07, 6.45) is 0. The van der Waals surface area contributed by atoms with Crippen LogP contribution in [0.1, 0.15) is 13.8 Å². The van der Waals surface area contributed by atoms with Crippen molar-refractivity contribution in [3.63, 3.8) is 0 Å². The number of rotatable bonds is 3. The number of anilines is 1. The molecule has 0 spiro atoms. The van der Waals surface area contributed by atoms with E-state index in [0.29, 0.717) is 0 Å². The molecular formula is C18H22N3O+. The van der Waals surface area contributed by atoms with Gasteiger partial charge in [0.1, 0.15) is 24.8 Å². The fourth-order valence-electron chi connectivity index (χ4n) is 2.44. The van der Waals surface area contributed by atoms with Crippen LogP contribution in [0.25, 0.3) is 22.6 Å². The molecule has 0 radical (unpaired) electrons. The number of benzene rings is 2. The summed E-state index contributed by atoms with van der Waals surface area (Å²) in [4.78, 5) is 6.88. The van der Waals surface area contributed by atoms with Gasteiger partial charge >= 0.3 is 0 Å². The van der Waals surface area contributed by atoms with Gasteiger partial charge in [-0.15, -0.1) is 0 Å². The molecule has 2 aliphatic rings. The highest BCUT2D eigenvalue weighted by Crippen LogP contribution is 2.26. The smallest absolute Gasteiger partial charge is 0.203 e. The molecule has 1 heterocycles. The summed E-state index contributed by atoms with van der Waals surface area (Å²) in [5.74, 6) is 0.821. The number of hydrogen-bond donors (Lipinski definition) is 0. The van der Waals surface area contributed by atoms with Crippen molar-refractivity contribution in [3.05, 3.63) is 41.8 Å². The SMILES string of the molecule is CCN(C)c1ccc2nc3ccc(=[N+](C)CC)cc-3oc2c1. The van der Waals surface area contributed by atoms with E-state index in [2.05, 4.69) is 61.7 Å². The summed E-state index contributed by atoms with van der Waals surface area (Å²) in [6, 6.07) is 12.3. The van der Waals surface area contributed by atoms with Crippen LogP contribution < -0.4 is 14.8 Å². The lowest BCUT2D eigenvalue weighted by atomic mass is 10.2. The van der Waals surface area contributed by atoms with Gasteiger partial charge in [-0.1, -0.05) is 0 Å². The van der Waals surface area contributed by atoms with E-state index in [1.807, 2.05) is 12.1 Å². The first kappa shape index (κ1) is 14.6. The van der Waals surface area contributed by atoms with E-state index >= 15 is 0 Å². The lowest BCUT2D eigenvalue weighted by molar-refractivity contribution is 0.608. The van der Waals surface area contributed by atoms with Crippen molar-refractivity contribution in [1.82, 2.24) is 9.56 Å². The Labute approximate surface area is 130 Å². The van der Waals surface area contributed by atoms with Crippen molar-refractivity contribution in [3.8, 4) is 11.5 Å². The van der Waals surface area contributed by atoms with Crippen LogP contribution in [0.4, 0.5) is 5.69 Å². The molecule has 1 aliphatic heterocycles. The third kappa shape index (κ3) is 2.56. The normalized spacial score (nSPS) is 12.7. The molecule has 0 aromatic heterocycles. The summed E-state index contributed by atoms with van der Waals surface area (Å²) >= 11 is 0. The Bertz CT molecular complexity index is 850. The molecular weight excluding hydrogens is 274 g/mol. The van der Waals surface area contributed by atoms with Crippen LogP contribution in [0.5, 0.6) is 0 Å². The molecule has 4 nitrogen and oxygen atoms in total. The van der Waals surface area contributed by atoms with E-state index in [4.69, 9.17) is 9.40 Å². The predicted octanol–water partition coefficient (Wildman–Crippen LogP) is 2.81. The van der Waals surface area contributed by atoms with E-state index < -0.39 is 0 Å². The Balaban J connectivity index is 2.23. The fraction of sp³-hybridized carbons (Fsp3) is 0.333. The molecule has 0 saturated heterocycles. The third-order valence-corrected chi connectivity index (χ3v) is 4.18. The Kier molecular flexibility index (Phi) is 3.84. The maximum Gasteiger partial charge on any atom is 0.203 e. The van der Waals surface area contributed by atoms with E-state index in [9.17, 15) is 0 Å². The zero-order valence-electron chi connectivity index (χ0n) is 13.6. The molecule has 1 aliphatic carbocycles. The van der Waals surface area contributed by atoms with Gasteiger partial charge in [0.2, 0.25) is 5.36 Å². The summed E-state index contributed by atoms with van der Waals surface area (Å²) in [5, 5.41) is 1.14. The lowest BCUT2D eigenvalue weighted by Crippen LogP contribution is -2.25. The van der Waals surface area contributed by atoms with E-state index in [1.165, 1.54) is 0 Å². The van der Waals surface area contributed by atoms with Gasteiger partial charge in [-0.25, -0.2) is 9.56 Å². The highest BCUT2D eigenvalue weighted by molar-refractivity contribution is 5.80. The van der Waals surface area contributed by atoms with Crippen molar-refractivity contribution >= 4 is 16.8 Å². The second-order valence-corrected chi connectivity index (χ2v) is 5.55. The maximum absolute atomic E-state index is 6.10. The molecule has 0 atom stereocenters. The molecule has 114 valence electrons. The average Bonchev–Trinajstić information content (AvgIpc) is 2.57. The van der Waals surface area contributed by atoms with Crippen molar-refractivity contribution in [2.24, 2.45) is 0 Å². The molecule has 0 amide bonds. The third-order valence-electron chi connectivity index (χ3n) is 4.18. The molecule has 0 N–H and O–H groups in total. The molecule has 1 aromatic carbocycles. The minimum atomic E-state index is 0.821. The van der Waals surface area contributed by atoms with Crippen molar-refractivity contribution < 1.29 is 4.42 Å². The molecule has 22 heavy (non-hydrogen) atoms. The molecule has 0 saturated carbocycles. The van der Waals surface area contributed by atoms with Gasteiger partial charge in [0.15, 0.2) is 11.3 Å². The van der Waals surface area contributed by atoms with Gasteiger partial charge < -0.3 is 9.32 Å². The molecule has 0 bridgehead atoms. The van der Waals surface area contributed by atoms with E-state index in [-0.39, 0.29) is 0 Å². The first-order valence-corrected chi connectivity index (χ1v) is 7.72. The van der Waals surface area contributed by atoms with Crippen LogP contribution in [0.15, 0.2) is 40.8 Å². The van der Waals surface area contributed by atoms with E-state index in [0.717, 1.165) is 46.7 Å². The average molecular weight is 296 g/mol. The van der Waals surface area contributed by atoms with Gasteiger partial charge in [-0.3, -0.25) is 0 Å². The summed E-state index contributed by atoms with van der Waals surface area (Å²) in [7, 11) is 4.15. The van der Waals surface area contributed by atoms with Crippen LogP contribution in [-0.2, 0) is 0 Å². The van der Waals surface area contributed by atoms with Gasteiger partial charge in [0, 0.05) is 31.4 Å². The lowest BCUT2D eigenvalue weighted by Gasteiger charge is -2.17. The number of fused-ring (bicyclic) bond motifs is 2. The quantitative estimate of drug-likeness (QED) is 0.550. The highest BCUT2D eigenvalue weighted by atomic mass is 16.3. The molecule has 0 fully saturated rings. The van der Waals surface area contributed by atoms with Crippen molar-refractivity contribution in [2.75, 3.05) is 32.1 Å². The minimum Gasteiger partial charge on any atom is -0.452 e. The minimum absolute atomic E-state index is 0.821. The van der Waals surface area contributed by atoms with Crippen molar-refractivity contribution in [1.29, 1.82) is 0 Å². The van der Waals surface area contributed by atoms with Crippen LogP contribution in [0, 0.1) is 0 Å². The van der Waals surface area contributed by atoms with E-state index in [1.54, 1.807) is 0 Å². The summed E-state index contributed by atoms with van der Waals surface area (Å²) in [6.45, 7) is 6.18. The van der Waals surface area contributed by atoms with Gasteiger partial charge in [0.25, 0.3) is 0 Å². The summed E-state index contributed by atoms with van der Waals surface area (Å²) in [5.41, 5.74) is 3.73. The Morgan fingerprint density at radius 2 is 1.95 bits per heavy atom. The van der Waals surface area contributed by atoms with Crippen molar-refractivity contribution in [2.45, 2.75) is 13.8 Å². The zero-order chi connectivity index (χ0) is 15.7. The monoisotopic (exact) mass is 296 g/mol.